The van der Waals surface area contributed by atoms with Crippen molar-refractivity contribution in [2.75, 3.05) is 0 Å². The Hall–Kier alpha value is -3.47. The van der Waals surface area contributed by atoms with Crippen molar-refractivity contribution in [2.45, 2.75) is 65.6 Å². The molecular weight excluding hydrogens is 439 g/mol. The number of nitrogens with one attached hydrogen (secondary N) is 1. The third kappa shape index (κ3) is 7.78. The summed E-state index contributed by atoms with van der Waals surface area (Å²) in [7, 11) is 0. The van der Waals surface area contributed by atoms with Crippen LogP contribution in [-0.4, -0.2) is 28.3 Å². The molecule has 0 heterocycles. The number of aryl methyl sites for hydroxylation is 2. The van der Waals surface area contributed by atoms with Crippen LogP contribution in [0.15, 0.2) is 72.8 Å². The monoisotopic (exact) mass is 474 g/mol. The molecule has 3 rings (SSSR count). The molecule has 0 aromatic heterocycles. The molecule has 0 unspecified atom stereocenters. The molecule has 1 N–H and O–H groups in total. The molecule has 35 heavy (non-hydrogen) atoms. The van der Waals surface area contributed by atoms with E-state index in [2.05, 4.69) is 11.4 Å². The third-order valence-corrected chi connectivity index (χ3v) is 5.70. The molecule has 0 radical (unpaired) electrons. The van der Waals surface area contributed by atoms with Crippen LogP contribution in [0.5, 0.6) is 0 Å². The summed E-state index contributed by atoms with van der Waals surface area (Å²) < 4.78 is 14.7. The summed E-state index contributed by atoms with van der Waals surface area (Å²) in [4.78, 5) is 28.9. The van der Waals surface area contributed by atoms with Crippen molar-refractivity contribution in [3.8, 4) is 0 Å². The first-order valence-electron chi connectivity index (χ1n) is 12.0. The second-order valence-electron chi connectivity index (χ2n) is 10.2. The van der Waals surface area contributed by atoms with Crippen LogP contribution in [0.2, 0.25) is 0 Å². The molecule has 1 atom stereocenters. The molecule has 0 fully saturated rings. The van der Waals surface area contributed by atoms with Crippen molar-refractivity contribution in [1.82, 2.24) is 10.2 Å². The van der Waals surface area contributed by atoms with Gasteiger partial charge in [-0.1, -0.05) is 77.9 Å². The minimum absolute atomic E-state index is 0.00533. The lowest BCUT2D eigenvalue weighted by atomic mass is 9.99. The van der Waals surface area contributed by atoms with Gasteiger partial charge in [0, 0.05) is 24.1 Å². The fourth-order valence-corrected chi connectivity index (χ4v) is 4.26. The SMILES string of the molecule is Cc1cc(C)cc(CC(=O)N(Cc2ccccc2F)[C@H](Cc2ccccc2)C(=O)NC(C)(C)C)c1. The van der Waals surface area contributed by atoms with Gasteiger partial charge in [0.15, 0.2) is 0 Å². The van der Waals surface area contributed by atoms with E-state index < -0.39 is 17.4 Å². The largest absolute Gasteiger partial charge is 0.350 e. The standard InChI is InChI=1S/C30H35FN2O2/c1-21-15-22(2)17-24(16-21)19-28(34)33(20-25-13-9-10-14-26(25)31)27(29(35)32-30(3,4)5)18-23-11-7-6-8-12-23/h6-17,27H,18-20H2,1-5H3,(H,32,35)/t27-/m1/s1. The maximum absolute atomic E-state index is 14.7. The fraction of sp³-hybridized carbons (Fsp3) is 0.333. The average Bonchev–Trinajstić information content (AvgIpc) is 2.76. The lowest BCUT2D eigenvalue weighted by molar-refractivity contribution is -0.141. The summed E-state index contributed by atoms with van der Waals surface area (Å²) in [5, 5.41) is 3.03. The van der Waals surface area contributed by atoms with Crippen molar-refractivity contribution >= 4 is 11.8 Å². The Kier molecular flexibility index (Phi) is 8.44. The normalized spacial score (nSPS) is 12.2. The van der Waals surface area contributed by atoms with Crippen LogP contribution in [0.1, 0.15) is 48.6 Å². The van der Waals surface area contributed by atoms with Crippen molar-refractivity contribution < 1.29 is 14.0 Å². The van der Waals surface area contributed by atoms with E-state index >= 15 is 0 Å². The maximum Gasteiger partial charge on any atom is 0.243 e. The van der Waals surface area contributed by atoms with E-state index in [0.717, 1.165) is 22.3 Å². The molecule has 0 aliphatic carbocycles. The molecule has 0 spiro atoms. The summed E-state index contributed by atoms with van der Waals surface area (Å²) in [6, 6.07) is 21.2. The van der Waals surface area contributed by atoms with E-state index in [-0.39, 0.29) is 24.8 Å². The zero-order valence-corrected chi connectivity index (χ0v) is 21.3. The maximum atomic E-state index is 14.7. The number of benzene rings is 3. The lowest BCUT2D eigenvalue weighted by Gasteiger charge is -2.34. The van der Waals surface area contributed by atoms with Gasteiger partial charge >= 0.3 is 0 Å². The zero-order chi connectivity index (χ0) is 25.6. The highest BCUT2D eigenvalue weighted by Crippen LogP contribution is 2.20. The number of nitrogens with zero attached hydrogens (tertiary/aromatic N) is 1. The fourth-order valence-electron chi connectivity index (χ4n) is 4.26. The second-order valence-corrected chi connectivity index (χ2v) is 10.2. The second kappa shape index (κ2) is 11.3. The topological polar surface area (TPSA) is 49.4 Å². The van der Waals surface area contributed by atoms with Gasteiger partial charge in [-0.05, 0) is 51.8 Å². The minimum Gasteiger partial charge on any atom is -0.350 e. The van der Waals surface area contributed by atoms with Gasteiger partial charge in [-0.25, -0.2) is 4.39 Å². The van der Waals surface area contributed by atoms with E-state index in [1.54, 1.807) is 18.2 Å². The summed E-state index contributed by atoms with van der Waals surface area (Å²) in [6.45, 7) is 9.71. The summed E-state index contributed by atoms with van der Waals surface area (Å²) >= 11 is 0. The Bertz CT molecular complexity index is 1150. The van der Waals surface area contributed by atoms with Gasteiger partial charge in [0.05, 0.1) is 6.42 Å². The number of carbonyl (C=O) groups excluding carboxylic acids is 2. The Morgan fingerprint density at radius 1 is 0.886 bits per heavy atom. The lowest BCUT2D eigenvalue weighted by Crippen LogP contribution is -2.54. The van der Waals surface area contributed by atoms with Crippen molar-refractivity contribution in [2.24, 2.45) is 0 Å². The third-order valence-electron chi connectivity index (χ3n) is 5.70. The van der Waals surface area contributed by atoms with Gasteiger partial charge in [-0.2, -0.15) is 0 Å². The average molecular weight is 475 g/mol. The van der Waals surface area contributed by atoms with Crippen LogP contribution in [-0.2, 0) is 29.0 Å². The first kappa shape index (κ1) is 26.1. The van der Waals surface area contributed by atoms with Gasteiger partial charge in [0.25, 0.3) is 0 Å². The minimum atomic E-state index is -0.797. The molecule has 0 bridgehead atoms. The number of hydrogen-bond donors (Lipinski definition) is 1. The van der Waals surface area contributed by atoms with E-state index in [9.17, 15) is 14.0 Å². The zero-order valence-electron chi connectivity index (χ0n) is 21.3. The number of halogens is 1. The smallest absolute Gasteiger partial charge is 0.243 e. The van der Waals surface area contributed by atoms with Crippen molar-refractivity contribution in [3.63, 3.8) is 0 Å². The van der Waals surface area contributed by atoms with Crippen LogP contribution in [0.25, 0.3) is 0 Å². The van der Waals surface area contributed by atoms with Crippen LogP contribution in [0.3, 0.4) is 0 Å². The Labute approximate surface area is 208 Å². The molecule has 3 aromatic rings. The van der Waals surface area contributed by atoms with Crippen LogP contribution < -0.4 is 5.32 Å². The molecule has 3 aromatic carbocycles. The van der Waals surface area contributed by atoms with Crippen molar-refractivity contribution in [3.05, 3.63) is 106 Å². The molecule has 2 amide bonds. The molecular formula is C30H35FN2O2. The first-order valence-corrected chi connectivity index (χ1v) is 12.0. The number of amides is 2. The number of carbonyl (C=O) groups is 2. The Morgan fingerprint density at radius 2 is 1.49 bits per heavy atom. The number of hydrogen-bond acceptors (Lipinski definition) is 2. The first-order chi connectivity index (χ1) is 16.5. The molecule has 0 aliphatic heterocycles. The van der Waals surface area contributed by atoms with Crippen LogP contribution in [0, 0.1) is 19.7 Å². The van der Waals surface area contributed by atoms with Crippen LogP contribution >= 0.6 is 0 Å². The van der Waals surface area contributed by atoms with Gasteiger partial charge in [0.2, 0.25) is 11.8 Å². The number of rotatable bonds is 8. The molecule has 4 nitrogen and oxygen atoms in total. The molecule has 0 aliphatic rings. The van der Waals surface area contributed by atoms with E-state index in [0.29, 0.717) is 12.0 Å². The highest BCUT2D eigenvalue weighted by Gasteiger charge is 2.32. The van der Waals surface area contributed by atoms with Gasteiger partial charge < -0.3 is 10.2 Å². The highest BCUT2D eigenvalue weighted by atomic mass is 19.1. The van der Waals surface area contributed by atoms with Crippen molar-refractivity contribution in [1.29, 1.82) is 0 Å². The predicted molar refractivity (Wildman–Crippen MR) is 138 cm³/mol. The van der Waals surface area contributed by atoms with E-state index in [1.807, 2.05) is 77.1 Å². The Balaban J connectivity index is 2.02. The van der Waals surface area contributed by atoms with E-state index in [1.165, 1.54) is 11.0 Å². The van der Waals surface area contributed by atoms with Gasteiger partial charge in [0.1, 0.15) is 11.9 Å². The summed E-state index contributed by atoms with van der Waals surface area (Å²) in [5.74, 6) is -0.874. The summed E-state index contributed by atoms with van der Waals surface area (Å²) in [6.07, 6.45) is 0.459. The van der Waals surface area contributed by atoms with Crippen LogP contribution in [0.4, 0.5) is 4.39 Å². The molecule has 184 valence electrons. The molecule has 0 saturated heterocycles. The molecule has 5 heteroatoms. The van der Waals surface area contributed by atoms with E-state index in [4.69, 9.17) is 0 Å². The highest BCUT2D eigenvalue weighted by molar-refractivity contribution is 5.89. The predicted octanol–water partition coefficient (Wildman–Crippen LogP) is 5.54. The summed E-state index contributed by atoms with van der Waals surface area (Å²) in [5.41, 5.74) is 3.84. The Morgan fingerprint density at radius 3 is 2.09 bits per heavy atom. The van der Waals surface area contributed by atoms with Gasteiger partial charge in [-0.3, -0.25) is 9.59 Å². The quantitative estimate of drug-likeness (QED) is 0.466. The molecule has 0 saturated carbocycles. The van der Waals surface area contributed by atoms with Gasteiger partial charge in [-0.15, -0.1) is 0 Å².